The molecule has 1 unspecified atom stereocenters. The molecule has 166 valence electrons. The summed E-state index contributed by atoms with van der Waals surface area (Å²) in [6, 6.07) is 11.0. The van der Waals surface area contributed by atoms with Crippen LogP contribution in [-0.4, -0.2) is 76.7 Å². The Morgan fingerprint density at radius 1 is 1.24 bits per heavy atom. The molecule has 9 heteroatoms. The SMILES string of the molecule is CCNC(=NCC1CCCN1Cc1ccccc1)NCCOCCS(C)(=O)=O.I. The number of likely N-dealkylation sites (tertiary alicyclic amines) is 1. The maximum Gasteiger partial charge on any atom is 0.191 e. The summed E-state index contributed by atoms with van der Waals surface area (Å²) in [5, 5.41) is 6.51. The number of rotatable bonds is 11. The van der Waals surface area contributed by atoms with E-state index in [0.29, 0.717) is 19.2 Å². The Hall–Kier alpha value is -0.910. The Morgan fingerprint density at radius 2 is 2.00 bits per heavy atom. The summed E-state index contributed by atoms with van der Waals surface area (Å²) in [7, 11) is -2.97. The Bertz CT molecular complexity index is 701. The number of nitrogens with one attached hydrogen (secondary N) is 2. The van der Waals surface area contributed by atoms with E-state index in [9.17, 15) is 8.42 Å². The minimum absolute atomic E-state index is 0. The van der Waals surface area contributed by atoms with Gasteiger partial charge in [0.05, 0.1) is 25.5 Å². The van der Waals surface area contributed by atoms with Crippen LogP contribution in [0.15, 0.2) is 35.3 Å². The zero-order valence-corrected chi connectivity index (χ0v) is 20.6. The summed E-state index contributed by atoms with van der Waals surface area (Å²) in [6.07, 6.45) is 3.60. The van der Waals surface area contributed by atoms with Gasteiger partial charge in [-0.3, -0.25) is 9.89 Å². The number of halogens is 1. The van der Waals surface area contributed by atoms with E-state index in [1.165, 1.54) is 24.7 Å². The van der Waals surface area contributed by atoms with Crippen molar-refractivity contribution in [2.45, 2.75) is 32.4 Å². The molecule has 1 atom stereocenters. The highest BCUT2D eigenvalue weighted by Gasteiger charge is 2.24. The molecule has 1 aromatic carbocycles. The van der Waals surface area contributed by atoms with Crippen LogP contribution in [0.25, 0.3) is 0 Å². The molecule has 0 saturated carbocycles. The molecule has 0 bridgehead atoms. The van der Waals surface area contributed by atoms with E-state index >= 15 is 0 Å². The van der Waals surface area contributed by atoms with Crippen LogP contribution in [0.4, 0.5) is 0 Å². The highest BCUT2D eigenvalue weighted by atomic mass is 127. The quantitative estimate of drug-likeness (QED) is 0.194. The van der Waals surface area contributed by atoms with Crippen molar-refractivity contribution in [3.63, 3.8) is 0 Å². The average molecular weight is 538 g/mol. The summed E-state index contributed by atoms with van der Waals surface area (Å²) in [5.74, 6) is 0.834. The van der Waals surface area contributed by atoms with Gasteiger partial charge in [0.25, 0.3) is 0 Å². The van der Waals surface area contributed by atoms with Gasteiger partial charge in [-0.2, -0.15) is 0 Å². The van der Waals surface area contributed by atoms with Crippen molar-refractivity contribution in [2.75, 3.05) is 51.4 Å². The van der Waals surface area contributed by atoms with Crippen LogP contribution in [0.1, 0.15) is 25.3 Å². The largest absolute Gasteiger partial charge is 0.379 e. The van der Waals surface area contributed by atoms with E-state index in [4.69, 9.17) is 9.73 Å². The molecule has 2 N–H and O–H groups in total. The lowest BCUT2D eigenvalue weighted by Crippen LogP contribution is -2.40. The minimum Gasteiger partial charge on any atom is -0.379 e. The molecule has 2 rings (SSSR count). The van der Waals surface area contributed by atoms with Crippen LogP contribution in [0.5, 0.6) is 0 Å². The van der Waals surface area contributed by atoms with Gasteiger partial charge in [0, 0.05) is 31.9 Å². The number of hydrogen-bond donors (Lipinski definition) is 2. The zero-order chi connectivity index (χ0) is 20.2. The number of ether oxygens (including phenoxy) is 1. The molecule has 7 nitrogen and oxygen atoms in total. The molecule has 1 saturated heterocycles. The molecule has 1 heterocycles. The third-order valence-electron chi connectivity index (χ3n) is 4.67. The number of guanidine groups is 1. The molecule has 29 heavy (non-hydrogen) atoms. The maximum atomic E-state index is 11.1. The number of benzene rings is 1. The van der Waals surface area contributed by atoms with Gasteiger partial charge >= 0.3 is 0 Å². The second-order valence-electron chi connectivity index (χ2n) is 7.14. The fourth-order valence-corrected chi connectivity index (χ4v) is 3.64. The second-order valence-corrected chi connectivity index (χ2v) is 9.40. The van der Waals surface area contributed by atoms with Crippen LogP contribution in [0.3, 0.4) is 0 Å². The predicted molar refractivity (Wildman–Crippen MR) is 130 cm³/mol. The first-order valence-corrected chi connectivity index (χ1v) is 12.1. The van der Waals surface area contributed by atoms with Crippen molar-refractivity contribution in [3.05, 3.63) is 35.9 Å². The molecule has 0 radical (unpaired) electrons. The van der Waals surface area contributed by atoms with Crippen molar-refractivity contribution in [3.8, 4) is 0 Å². The number of sulfone groups is 1. The van der Waals surface area contributed by atoms with Crippen LogP contribution < -0.4 is 10.6 Å². The first-order chi connectivity index (χ1) is 13.5. The predicted octanol–water partition coefficient (Wildman–Crippen LogP) is 1.89. The molecule has 1 fully saturated rings. The van der Waals surface area contributed by atoms with Crippen LogP contribution in [-0.2, 0) is 21.1 Å². The zero-order valence-electron chi connectivity index (χ0n) is 17.5. The van der Waals surface area contributed by atoms with Crippen LogP contribution >= 0.6 is 24.0 Å². The van der Waals surface area contributed by atoms with Crippen molar-refractivity contribution in [1.29, 1.82) is 0 Å². The van der Waals surface area contributed by atoms with Crippen molar-refractivity contribution in [1.82, 2.24) is 15.5 Å². The summed E-state index contributed by atoms with van der Waals surface area (Å²) in [6.45, 7) is 6.95. The molecule has 0 aliphatic carbocycles. The molecular formula is C20H35IN4O3S. The van der Waals surface area contributed by atoms with Gasteiger partial charge in [-0.1, -0.05) is 30.3 Å². The Balaban J connectivity index is 0.00000420. The molecule has 1 aliphatic rings. The summed E-state index contributed by atoms with van der Waals surface area (Å²) in [4.78, 5) is 7.26. The smallest absolute Gasteiger partial charge is 0.191 e. The maximum absolute atomic E-state index is 11.1. The van der Waals surface area contributed by atoms with Gasteiger partial charge in [0.1, 0.15) is 9.84 Å². The van der Waals surface area contributed by atoms with Crippen molar-refractivity contribution >= 4 is 39.8 Å². The average Bonchev–Trinajstić information content (AvgIpc) is 3.09. The fourth-order valence-electron chi connectivity index (χ4n) is 3.22. The molecule has 0 aromatic heterocycles. The lowest BCUT2D eigenvalue weighted by Gasteiger charge is -2.23. The third kappa shape index (κ3) is 11.2. The van der Waals surface area contributed by atoms with Crippen molar-refractivity contribution in [2.24, 2.45) is 4.99 Å². The van der Waals surface area contributed by atoms with Gasteiger partial charge in [-0.25, -0.2) is 8.42 Å². The van der Waals surface area contributed by atoms with E-state index in [0.717, 1.165) is 32.1 Å². The van der Waals surface area contributed by atoms with E-state index in [2.05, 4.69) is 45.9 Å². The van der Waals surface area contributed by atoms with Gasteiger partial charge < -0.3 is 15.4 Å². The number of hydrogen-bond acceptors (Lipinski definition) is 5. The fraction of sp³-hybridized carbons (Fsp3) is 0.650. The van der Waals surface area contributed by atoms with E-state index in [1.54, 1.807) is 0 Å². The highest BCUT2D eigenvalue weighted by molar-refractivity contribution is 14.0. The molecule has 0 spiro atoms. The van der Waals surface area contributed by atoms with Crippen molar-refractivity contribution < 1.29 is 13.2 Å². The molecule has 1 aromatic rings. The number of aliphatic imine (C=N–C) groups is 1. The Labute approximate surface area is 192 Å². The lowest BCUT2D eigenvalue weighted by atomic mass is 10.2. The topological polar surface area (TPSA) is 83.0 Å². The monoisotopic (exact) mass is 538 g/mol. The van der Waals surface area contributed by atoms with E-state index in [-0.39, 0.29) is 36.3 Å². The van der Waals surface area contributed by atoms with Gasteiger partial charge in [-0.05, 0) is 31.9 Å². The third-order valence-corrected chi connectivity index (χ3v) is 5.58. The normalized spacial score (nSPS) is 17.7. The molecule has 1 aliphatic heterocycles. The van der Waals surface area contributed by atoms with Gasteiger partial charge in [0.2, 0.25) is 0 Å². The Kier molecular flexibility index (Phi) is 12.8. The first kappa shape index (κ1) is 26.1. The highest BCUT2D eigenvalue weighted by Crippen LogP contribution is 2.20. The molecule has 0 amide bonds. The first-order valence-electron chi connectivity index (χ1n) is 10.0. The van der Waals surface area contributed by atoms with Crippen LogP contribution in [0, 0.1) is 0 Å². The Morgan fingerprint density at radius 3 is 2.69 bits per heavy atom. The lowest BCUT2D eigenvalue weighted by molar-refractivity contribution is 0.154. The van der Waals surface area contributed by atoms with E-state index in [1.807, 2.05) is 6.92 Å². The standard InChI is InChI=1S/C20H34N4O3S.HI/c1-3-21-20(22-11-13-27-14-15-28(2,25)26)23-16-19-10-7-12-24(19)17-18-8-5-4-6-9-18;/h4-6,8-9,19H,3,7,10-17H2,1-2H3,(H2,21,22,23);1H. The minimum atomic E-state index is -2.97. The molecular weight excluding hydrogens is 503 g/mol. The van der Waals surface area contributed by atoms with Gasteiger partial charge in [0.15, 0.2) is 5.96 Å². The summed E-state index contributed by atoms with van der Waals surface area (Å²) >= 11 is 0. The second kappa shape index (κ2) is 14.2. The van der Waals surface area contributed by atoms with E-state index < -0.39 is 9.84 Å². The van der Waals surface area contributed by atoms with Crippen LogP contribution in [0.2, 0.25) is 0 Å². The number of nitrogens with zero attached hydrogens (tertiary/aromatic N) is 2. The summed E-state index contributed by atoms with van der Waals surface area (Å²) < 4.78 is 27.5. The summed E-state index contributed by atoms with van der Waals surface area (Å²) in [5.41, 5.74) is 1.34. The van der Waals surface area contributed by atoms with Gasteiger partial charge in [-0.15, -0.1) is 24.0 Å².